The Morgan fingerprint density at radius 1 is 1.24 bits per heavy atom. The van der Waals surface area contributed by atoms with E-state index >= 15 is 0 Å². The molecule has 1 aliphatic carbocycles. The van der Waals surface area contributed by atoms with E-state index in [2.05, 4.69) is 16.3 Å². The first-order chi connectivity index (χ1) is 13.6. The number of carbonyl (C=O) groups excluding carboxylic acids is 1. The van der Waals surface area contributed by atoms with E-state index < -0.39 is 18.7 Å². The molecular formula is C22H19F3N2O2. The molecule has 0 unspecified atom stereocenters. The molecule has 1 N–H and O–H groups in total. The zero-order chi connectivity index (χ0) is 21.2. The van der Waals surface area contributed by atoms with Crippen molar-refractivity contribution < 1.29 is 22.7 Å². The summed E-state index contributed by atoms with van der Waals surface area (Å²) >= 11 is 0. The molecule has 0 fully saturated rings. The van der Waals surface area contributed by atoms with Gasteiger partial charge in [-0.15, -0.1) is 0 Å². The number of pyridine rings is 1. The lowest BCUT2D eigenvalue weighted by molar-refractivity contribution is -0.153. The lowest BCUT2D eigenvalue weighted by Gasteiger charge is -2.15. The summed E-state index contributed by atoms with van der Waals surface area (Å²) in [4.78, 5) is 16.7. The Kier molecular flexibility index (Phi) is 5.68. The molecule has 0 saturated carbocycles. The van der Waals surface area contributed by atoms with Crippen molar-refractivity contribution in [3.8, 4) is 5.75 Å². The minimum absolute atomic E-state index is 0.00409. The van der Waals surface area contributed by atoms with Crippen LogP contribution in [-0.2, 0) is 11.2 Å². The van der Waals surface area contributed by atoms with E-state index in [0.29, 0.717) is 17.0 Å². The van der Waals surface area contributed by atoms with Gasteiger partial charge in [0, 0.05) is 23.6 Å². The van der Waals surface area contributed by atoms with Crippen LogP contribution in [0.5, 0.6) is 5.75 Å². The molecule has 1 aliphatic rings. The summed E-state index contributed by atoms with van der Waals surface area (Å²) in [6, 6.07) is 8.48. The van der Waals surface area contributed by atoms with Crippen LogP contribution in [0.25, 0.3) is 6.08 Å². The van der Waals surface area contributed by atoms with Crippen LogP contribution in [0, 0.1) is 5.41 Å². The molecule has 7 heteroatoms. The Balaban J connectivity index is 1.63. The van der Waals surface area contributed by atoms with Crippen LogP contribution >= 0.6 is 0 Å². The van der Waals surface area contributed by atoms with Gasteiger partial charge in [0.25, 0.3) is 0 Å². The van der Waals surface area contributed by atoms with Gasteiger partial charge in [0.05, 0.1) is 11.9 Å². The second-order valence-corrected chi connectivity index (χ2v) is 6.84. The van der Waals surface area contributed by atoms with E-state index in [1.54, 1.807) is 13.0 Å². The average Bonchev–Trinajstić information content (AvgIpc) is 3.05. The lowest BCUT2D eigenvalue weighted by atomic mass is 9.91. The third-order valence-electron chi connectivity index (χ3n) is 4.69. The summed E-state index contributed by atoms with van der Waals surface area (Å²) in [6.45, 7) is 4.26. The number of rotatable bonds is 7. The zero-order valence-corrected chi connectivity index (χ0v) is 15.7. The highest BCUT2D eigenvalue weighted by molar-refractivity contribution is 6.15. The molecule has 0 saturated heterocycles. The predicted octanol–water partition coefficient (Wildman–Crippen LogP) is 4.89. The standard InChI is InChI=1S/C22H19F3N2O2/c1-13(20-8-6-17(11-27-20)29-12-22(23,24)25)14(2)21(28)10-15-3-4-16-5-7-19(26)18(16)9-15/h3-9,11,13,26H,2,10,12H2,1H3/t13-/m0/s1. The number of Topliss-reactive ketones (excluding diaryl/α,β-unsaturated/α-hetero) is 1. The number of ether oxygens (including phenoxy) is 1. The van der Waals surface area contributed by atoms with Crippen molar-refractivity contribution in [1.82, 2.24) is 4.98 Å². The zero-order valence-electron chi connectivity index (χ0n) is 15.7. The van der Waals surface area contributed by atoms with Crippen molar-refractivity contribution in [2.24, 2.45) is 0 Å². The molecule has 0 spiro atoms. The molecule has 1 heterocycles. The molecule has 0 aliphatic heterocycles. The number of alkyl halides is 3. The van der Waals surface area contributed by atoms with Gasteiger partial charge in [0.1, 0.15) is 5.75 Å². The number of nitrogens with one attached hydrogen (secondary N) is 1. The summed E-state index contributed by atoms with van der Waals surface area (Å²) in [5.41, 5.74) is 3.83. The summed E-state index contributed by atoms with van der Waals surface area (Å²) in [5, 5.41) is 7.89. The predicted molar refractivity (Wildman–Crippen MR) is 104 cm³/mol. The van der Waals surface area contributed by atoms with Crippen LogP contribution < -0.4 is 4.74 Å². The molecule has 29 heavy (non-hydrogen) atoms. The topological polar surface area (TPSA) is 63.0 Å². The smallest absolute Gasteiger partial charge is 0.422 e. The minimum Gasteiger partial charge on any atom is -0.483 e. The second kappa shape index (κ2) is 8.03. The third-order valence-corrected chi connectivity index (χ3v) is 4.69. The van der Waals surface area contributed by atoms with E-state index in [0.717, 1.165) is 16.7 Å². The maximum atomic E-state index is 12.6. The number of hydrogen-bond donors (Lipinski definition) is 1. The monoisotopic (exact) mass is 400 g/mol. The van der Waals surface area contributed by atoms with Gasteiger partial charge in [-0.05, 0) is 41.0 Å². The van der Waals surface area contributed by atoms with Crippen molar-refractivity contribution in [2.75, 3.05) is 6.61 Å². The van der Waals surface area contributed by atoms with Crippen molar-refractivity contribution in [1.29, 1.82) is 5.41 Å². The maximum absolute atomic E-state index is 12.6. The fraction of sp³-hybridized carbons (Fsp3) is 0.227. The molecular weight excluding hydrogens is 381 g/mol. The highest BCUT2D eigenvalue weighted by Crippen LogP contribution is 2.26. The van der Waals surface area contributed by atoms with Crippen LogP contribution in [0.4, 0.5) is 13.2 Å². The van der Waals surface area contributed by atoms with E-state index in [1.165, 1.54) is 18.3 Å². The van der Waals surface area contributed by atoms with Gasteiger partial charge < -0.3 is 10.1 Å². The van der Waals surface area contributed by atoms with Gasteiger partial charge in [-0.25, -0.2) is 0 Å². The lowest BCUT2D eigenvalue weighted by Crippen LogP contribution is -2.19. The Morgan fingerprint density at radius 2 is 2.00 bits per heavy atom. The number of benzene rings is 1. The number of hydrogen-bond acceptors (Lipinski definition) is 4. The van der Waals surface area contributed by atoms with E-state index in [4.69, 9.17) is 5.41 Å². The van der Waals surface area contributed by atoms with Crippen LogP contribution in [0.2, 0.25) is 0 Å². The van der Waals surface area contributed by atoms with Gasteiger partial charge in [0.15, 0.2) is 12.4 Å². The van der Waals surface area contributed by atoms with Crippen LogP contribution in [-0.4, -0.2) is 29.3 Å². The number of aromatic nitrogens is 1. The van der Waals surface area contributed by atoms with Crippen molar-refractivity contribution in [3.63, 3.8) is 0 Å². The first kappa shape index (κ1) is 20.5. The van der Waals surface area contributed by atoms with Gasteiger partial charge in [0.2, 0.25) is 0 Å². The van der Waals surface area contributed by atoms with Crippen LogP contribution in [0.1, 0.15) is 35.2 Å². The molecule has 4 nitrogen and oxygen atoms in total. The largest absolute Gasteiger partial charge is 0.483 e. The first-order valence-electron chi connectivity index (χ1n) is 8.91. The van der Waals surface area contributed by atoms with Gasteiger partial charge in [-0.2, -0.15) is 13.2 Å². The normalized spacial score (nSPS) is 13.9. The van der Waals surface area contributed by atoms with Gasteiger partial charge >= 0.3 is 6.18 Å². The molecule has 3 rings (SSSR count). The van der Waals surface area contributed by atoms with Gasteiger partial charge in [-0.3, -0.25) is 9.78 Å². The number of halogens is 3. The van der Waals surface area contributed by atoms with Crippen molar-refractivity contribution >= 4 is 17.6 Å². The fourth-order valence-electron chi connectivity index (χ4n) is 2.97. The highest BCUT2D eigenvalue weighted by Gasteiger charge is 2.28. The molecule has 150 valence electrons. The SMILES string of the molecule is C=C(C(=O)Cc1ccc2c(c1)C(=N)C=C2)[C@H](C)c1ccc(OCC(F)(F)F)cn1. The van der Waals surface area contributed by atoms with Crippen molar-refractivity contribution in [2.45, 2.75) is 25.4 Å². The van der Waals surface area contributed by atoms with E-state index in [1.807, 2.05) is 24.3 Å². The van der Waals surface area contributed by atoms with Crippen LogP contribution in [0.15, 0.2) is 54.8 Å². The Labute approximate surface area is 166 Å². The second-order valence-electron chi connectivity index (χ2n) is 6.84. The number of ketones is 1. The molecule has 0 bridgehead atoms. The molecule has 1 aromatic heterocycles. The van der Waals surface area contributed by atoms with Crippen molar-refractivity contribution in [3.05, 3.63) is 77.1 Å². The summed E-state index contributed by atoms with van der Waals surface area (Å²) in [6.07, 6.45) is 0.507. The number of fused-ring (bicyclic) bond motifs is 1. The molecule has 1 atom stereocenters. The number of nitrogens with zero attached hydrogens (tertiary/aromatic N) is 1. The molecule has 0 amide bonds. The highest BCUT2D eigenvalue weighted by atomic mass is 19.4. The Morgan fingerprint density at radius 3 is 2.66 bits per heavy atom. The summed E-state index contributed by atoms with van der Waals surface area (Å²) < 4.78 is 41.3. The summed E-state index contributed by atoms with van der Waals surface area (Å²) in [5.74, 6) is -0.549. The Bertz CT molecular complexity index is 992. The fourth-order valence-corrected chi connectivity index (χ4v) is 2.97. The van der Waals surface area contributed by atoms with E-state index in [-0.39, 0.29) is 18.0 Å². The molecule has 0 radical (unpaired) electrons. The Hall–Kier alpha value is -3.22. The number of carbonyl (C=O) groups is 1. The minimum atomic E-state index is -4.42. The third kappa shape index (κ3) is 4.99. The van der Waals surface area contributed by atoms with Gasteiger partial charge in [-0.1, -0.05) is 31.7 Å². The van der Waals surface area contributed by atoms with E-state index in [9.17, 15) is 18.0 Å². The average molecular weight is 400 g/mol. The maximum Gasteiger partial charge on any atom is 0.422 e. The molecule has 2 aromatic rings. The molecule has 1 aromatic carbocycles. The quantitative estimate of drug-likeness (QED) is 0.673. The van der Waals surface area contributed by atoms with Crippen LogP contribution in [0.3, 0.4) is 0 Å². The summed E-state index contributed by atoms with van der Waals surface area (Å²) in [7, 11) is 0. The first-order valence-corrected chi connectivity index (χ1v) is 8.91. The number of allylic oxidation sites excluding steroid dienone is 2.